The molecule has 1 aromatic carbocycles. The molecule has 178 valence electrons. The van der Waals surface area contributed by atoms with Crippen molar-refractivity contribution < 1.29 is 28.2 Å². The molecule has 0 aliphatic rings. The van der Waals surface area contributed by atoms with E-state index in [9.17, 15) is 9.59 Å². The molecule has 1 aromatic heterocycles. The second-order valence-corrected chi connectivity index (χ2v) is 15.7. The summed E-state index contributed by atoms with van der Waals surface area (Å²) < 4.78 is 24.1. The van der Waals surface area contributed by atoms with Crippen molar-refractivity contribution in [3.63, 3.8) is 0 Å². The van der Waals surface area contributed by atoms with Crippen LogP contribution in [0.2, 0.25) is 18.1 Å². The van der Waals surface area contributed by atoms with Crippen LogP contribution >= 0.6 is 15.9 Å². The number of carbonyl (C=O) groups excluding carboxylic acids is 2. The summed E-state index contributed by atoms with van der Waals surface area (Å²) >= 11 is 3.44. The lowest BCUT2D eigenvalue weighted by atomic mass is 10.2. The predicted octanol–water partition coefficient (Wildman–Crippen LogP) is 6.37. The zero-order chi connectivity index (χ0) is 24.5. The van der Waals surface area contributed by atoms with Crippen LogP contribution in [0.15, 0.2) is 22.7 Å². The lowest BCUT2D eigenvalue weighted by molar-refractivity contribution is 0.0489. The molecule has 9 heteroatoms. The topological polar surface area (TPSA) is 76.0 Å². The standard InChI is InChI=1S/C23H34BrNO6Si/c1-22(2,3)31-21(27)25-17-14-15(29-12-13-30-32(8,9)23(4,5)6)10-11-16(17)18(24)19(25)20(26)28-7/h10-11,14H,12-13H2,1-9H3. The fourth-order valence-corrected chi connectivity index (χ4v) is 4.47. The first kappa shape index (κ1) is 26.4. The van der Waals surface area contributed by atoms with E-state index in [0.29, 0.717) is 34.3 Å². The summed E-state index contributed by atoms with van der Waals surface area (Å²) in [6.45, 7) is 17.1. The Morgan fingerprint density at radius 1 is 1.06 bits per heavy atom. The van der Waals surface area contributed by atoms with Crippen LogP contribution in [0.5, 0.6) is 5.75 Å². The van der Waals surface area contributed by atoms with E-state index in [2.05, 4.69) is 49.8 Å². The molecule has 1 heterocycles. The van der Waals surface area contributed by atoms with Crippen LogP contribution in [0.1, 0.15) is 52.0 Å². The monoisotopic (exact) mass is 527 g/mol. The summed E-state index contributed by atoms with van der Waals surface area (Å²) in [5, 5.41) is 0.789. The third-order valence-electron chi connectivity index (χ3n) is 5.45. The average Bonchev–Trinajstić information content (AvgIpc) is 2.94. The van der Waals surface area contributed by atoms with Crippen molar-refractivity contribution >= 4 is 47.2 Å². The van der Waals surface area contributed by atoms with Crippen LogP contribution in [0.3, 0.4) is 0 Å². The highest BCUT2D eigenvalue weighted by Crippen LogP contribution is 2.37. The van der Waals surface area contributed by atoms with Crippen molar-refractivity contribution in [1.29, 1.82) is 0 Å². The summed E-state index contributed by atoms with van der Waals surface area (Å²) in [5.74, 6) is -0.0910. The molecule has 0 unspecified atom stereocenters. The fraction of sp³-hybridized carbons (Fsp3) is 0.565. The molecule has 0 bridgehead atoms. The van der Waals surface area contributed by atoms with Gasteiger partial charge in [-0.05, 0) is 67.0 Å². The number of benzene rings is 1. The van der Waals surface area contributed by atoms with Gasteiger partial charge in [-0.3, -0.25) is 0 Å². The van der Waals surface area contributed by atoms with Gasteiger partial charge in [-0.1, -0.05) is 20.8 Å². The molecular weight excluding hydrogens is 494 g/mol. The van der Waals surface area contributed by atoms with Crippen molar-refractivity contribution in [3.05, 3.63) is 28.4 Å². The highest BCUT2D eigenvalue weighted by molar-refractivity contribution is 9.10. The van der Waals surface area contributed by atoms with E-state index in [1.807, 2.05) is 0 Å². The molecule has 0 fully saturated rings. The molecule has 0 aliphatic carbocycles. The Labute approximate surface area is 199 Å². The van der Waals surface area contributed by atoms with E-state index in [1.165, 1.54) is 11.7 Å². The Morgan fingerprint density at radius 3 is 2.22 bits per heavy atom. The highest BCUT2D eigenvalue weighted by atomic mass is 79.9. The van der Waals surface area contributed by atoms with Gasteiger partial charge in [0.15, 0.2) is 14.0 Å². The molecule has 2 aromatic rings. The molecule has 0 saturated carbocycles. The Hall–Kier alpha value is -1.84. The molecule has 0 N–H and O–H groups in total. The first-order valence-corrected chi connectivity index (χ1v) is 14.2. The van der Waals surface area contributed by atoms with Crippen LogP contribution in [-0.4, -0.2) is 50.9 Å². The number of aromatic nitrogens is 1. The molecule has 0 amide bonds. The molecule has 2 rings (SSSR count). The van der Waals surface area contributed by atoms with Crippen molar-refractivity contribution in [2.45, 2.75) is 65.3 Å². The van der Waals surface area contributed by atoms with Gasteiger partial charge in [-0.2, -0.15) is 0 Å². The molecule has 0 aliphatic heterocycles. The van der Waals surface area contributed by atoms with Gasteiger partial charge in [0.2, 0.25) is 0 Å². The maximum Gasteiger partial charge on any atom is 0.419 e. The number of esters is 1. The van der Waals surface area contributed by atoms with Crippen LogP contribution in [0, 0.1) is 0 Å². The summed E-state index contributed by atoms with van der Waals surface area (Å²) in [5.41, 5.74) is -0.188. The fourth-order valence-electron chi connectivity index (χ4n) is 2.77. The number of hydrogen-bond acceptors (Lipinski definition) is 6. The summed E-state index contributed by atoms with van der Waals surface area (Å²) in [7, 11) is -0.591. The normalized spacial score (nSPS) is 12.7. The minimum Gasteiger partial charge on any atom is -0.491 e. The molecule has 0 atom stereocenters. The van der Waals surface area contributed by atoms with Gasteiger partial charge in [0.1, 0.15) is 18.0 Å². The Balaban J connectivity index is 2.35. The largest absolute Gasteiger partial charge is 0.491 e. The third-order valence-corrected chi connectivity index (χ3v) is 10.8. The number of hydrogen-bond donors (Lipinski definition) is 0. The number of methoxy groups -OCH3 is 1. The van der Waals surface area contributed by atoms with Gasteiger partial charge in [0.25, 0.3) is 0 Å². The lowest BCUT2D eigenvalue weighted by Crippen LogP contribution is -2.41. The maximum atomic E-state index is 13.0. The molecule has 32 heavy (non-hydrogen) atoms. The molecular formula is C23H34BrNO6Si. The third kappa shape index (κ3) is 5.93. The van der Waals surface area contributed by atoms with Crippen LogP contribution in [-0.2, 0) is 13.9 Å². The van der Waals surface area contributed by atoms with E-state index < -0.39 is 26.0 Å². The smallest absolute Gasteiger partial charge is 0.419 e. The minimum atomic E-state index is -1.86. The van der Waals surface area contributed by atoms with Gasteiger partial charge in [-0.15, -0.1) is 0 Å². The number of rotatable bonds is 6. The average molecular weight is 529 g/mol. The molecule has 0 spiro atoms. The summed E-state index contributed by atoms with van der Waals surface area (Å²) in [6, 6.07) is 5.29. The number of halogens is 1. The maximum absolute atomic E-state index is 13.0. The van der Waals surface area contributed by atoms with Gasteiger partial charge in [0, 0.05) is 11.5 Å². The SMILES string of the molecule is COC(=O)c1c(Br)c2ccc(OCCO[Si](C)(C)C(C)(C)C)cc2n1C(=O)OC(C)(C)C. The Morgan fingerprint density at radius 2 is 1.69 bits per heavy atom. The minimum absolute atomic E-state index is 0.0650. The van der Waals surface area contributed by atoms with Crippen LogP contribution < -0.4 is 4.74 Å². The van der Waals surface area contributed by atoms with E-state index in [0.717, 1.165) is 0 Å². The zero-order valence-electron chi connectivity index (χ0n) is 20.4. The number of carbonyl (C=O) groups is 2. The second kappa shape index (κ2) is 9.57. The van der Waals surface area contributed by atoms with Gasteiger partial charge in [0.05, 0.1) is 23.7 Å². The summed E-state index contributed by atoms with van der Waals surface area (Å²) in [4.78, 5) is 25.4. The van der Waals surface area contributed by atoms with Gasteiger partial charge < -0.3 is 18.6 Å². The lowest BCUT2D eigenvalue weighted by Gasteiger charge is -2.36. The molecule has 0 radical (unpaired) electrons. The Kier molecular flexibility index (Phi) is 7.90. The van der Waals surface area contributed by atoms with Crippen molar-refractivity contribution in [1.82, 2.24) is 4.57 Å². The number of fused-ring (bicyclic) bond motifs is 1. The van der Waals surface area contributed by atoms with E-state index >= 15 is 0 Å². The van der Waals surface area contributed by atoms with E-state index in [-0.39, 0.29) is 10.7 Å². The van der Waals surface area contributed by atoms with Crippen molar-refractivity contribution in [2.75, 3.05) is 20.3 Å². The Bertz CT molecular complexity index is 1000. The predicted molar refractivity (Wildman–Crippen MR) is 131 cm³/mol. The van der Waals surface area contributed by atoms with Crippen molar-refractivity contribution in [3.8, 4) is 5.75 Å². The number of ether oxygens (including phenoxy) is 3. The van der Waals surface area contributed by atoms with Crippen LogP contribution in [0.4, 0.5) is 4.79 Å². The quantitative estimate of drug-likeness (QED) is 0.246. The molecule has 0 saturated heterocycles. The number of nitrogens with zero attached hydrogens (tertiary/aromatic N) is 1. The van der Waals surface area contributed by atoms with E-state index in [1.54, 1.807) is 39.0 Å². The van der Waals surface area contributed by atoms with Gasteiger partial charge >= 0.3 is 12.1 Å². The van der Waals surface area contributed by atoms with Gasteiger partial charge in [-0.25, -0.2) is 14.2 Å². The highest BCUT2D eigenvalue weighted by Gasteiger charge is 2.37. The first-order chi connectivity index (χ1) is 14.6. The first-order valence-electron chi connectivity index (χ1n) is 10.5. The van der Waals surface area contributed by atoms with E-state index in [4.69, 9.17) is 18.6 Å². The van der Waals surface area contributed by atoms with Crippen molar-refractivity contribution in [2.24, 2.45) is 0 Å². The van der Waals surface area contributed by atoms with Crippen LogP contribution in [0.25, 0.3) is 10.9 Å². The second-order valence-electron chi connectivity index (χ2n) is 10.1. The zero-order valence-corrected chi connectivity index (χ0v) is 23.0. The summed E-state index contributed by atoms with van der Waals surface area (Å²) in [6.07, 6.45) is -0.674. The molecule has 7 nitrogen and oxygen atoms in total.